The van der Waals surface area contributed by atoms with E-state index in [1.54, 1.807) is 0 Å². The van der Waals surface area contributed by atoms with Crippen LogP contribution in [-0.4, -0.2) is 40.7 Å². The molecule has 252 valence electrons. The van der Waals surface area contributed by atoms with Gasteiger partial charge in [-0.2, -0.15) is 0 Å². The second-order valence-corrected chi connectivity index (χ2v) is 16.2. The molecule has 7 heteroatoms. The summed E-state index contributed by atoms with van der Waals surface area (Å²) in [6.45, 7) is 6.68. The van der Waals surface area contributed by atoms with Gasteiger partial charge in [0.05, 0.1) is 0 Å². The summed E-state index contributed by atoms with van der Waals surface area (Å²) in [4.78, 5) is 37.6. The topological polar surface area (TPSA) is 78.9 Å². The van der Waals surface area contributed by atoms with Crippen LogP contribution >= 0.6 is 0 Å². The van der Waals surface area contributed by atoms with Crippen molar-refractivity contribution >= 4 is 40.7 Å². The number of rotatable bonds is 33. The van der Waals surface area contributed by atoms with E-state index in [0.717, 1.165) is 57.8 Å². The van der Waals surface area contributed by atoms with E-state index in [9.17, 15) is 14.4 Å². The second kappa shape index (κ2) is 34.2. The quantitative estimate of drug-likeness (QED) is 0.0630. The third kappa shape index (κ3) is 32.5. The van der Waals surface area contributed by atoms with Crippen molar-refractivity contribution in [1.29, 1.82) is 0 Å². The van der Waals surface area contributed by atoms with Crippen LogP contribution in [0.15, 0.2) is 0 Å². The average molecular weight is 713 g/mol. The van der Waals surface area contributed by atoms with Gasteiger partial charge in [-0.3, -0.25) is 0 Å². The molecule has 0 unspecified atom stereocenters. The van der Waals surface area contributed by atoms with Gasteiger partial charge in [0.25, 0.3) is 0 Å². The molecule has 0 saturated heterocycles. The zero-order chi connectivity index (χ0) is 31.6. The van der Waals surface area contributed by atoms with Crippen LogP contribution in [-0.2, 0) is 22.9 Å². The summed E-state index contributed by atoms with van der Waals surface area (Å²) in [6, 6.07) is 0. The van der Waals surface area contributed by atoms with Gasteiger partial charge in [-0.05, 0) is 0 Å². The van der Waals surface area contributed by atoms with Gasteiger partial charge in [0, 0.05) is 0 Å². The van der Waals surface area contributed by atoms with Crippen molar-refractivity contribution in [3.63, 3.8) is 0 Å². The van der Waals surface area contributed by atoms with Crippen LogP contribution in [0.3, 0.4) is 0 Å². The maximum absolute atomic E-state index is 12.5. The molecule has 43 heavy (non-hydrogen) atoms. The number of carbonyl (C=O) groups excluding carboxylic acids is 3. The predicted octanol–water partition coefficient (Wildman–Crippen LogP) is 11.4. The molecular weight excluding hydrogens is 643 g/mol. The molecule has 0 amide bonds. The van der Waals surface area contributed by atoms with Crippen LogP contribution in [0.5, 0.6) is 0 Å². The number of hydrogen-bond acceptors (Lipinski definition) is 6. The Hall–Kier alpha value is -0.720. The molecule has 0 spiro atoms. The van der Waals surface area contributed by atoms with Gasteiger partial charge >= 0.3 is 256 Å². The number of hydrogen-bond donors (Lipinski definition) is 0. The minimum absolute atomic E-state index is 0.287. The molecule has 0 saturated carbocycles. The van der Waals surface area contributed by atoms with Gasteiger partial charge in [0.2, 0.25) is 0 Å². The molecule has 0 fully saturated rings. The molecule has 0 aromatic carbocycles. The minimum Gasteiger partial charge on any atom is -0.0654 e. The Morgan fingerprint density at radius 2 is 0.512 bits per heavy atom. The van der Waals surface area contributed by atoms with E-state index in [1.807, 2.05) is 0 Å². The van der Waals surface area contributed by atoms with Crippen molar-refractivity contribution in [2.24, 2.45) is 0 Å². The first-order valence-electron chi connectivity index (χ1n) is 18.6. The molecule has 0 aliphatic carbocycles. The van der Waals surface area contributed by atoms with Gasteiger partial charge in [0.15, 0.2) is 0 Å². The molecule has 0 aromatic heterocycles. The third-order valence-electron chi connectivity index (χ3n) is 8.14. The summed E-state index contributed by atoms with van der Waals surface area (Å²) in [5.74, 6) is -1.18. The van der Waals surface area contributed by atoms with Crippen LogP contribution in [0, 0.1) is 0 Å². The Bertz CT molecular complexity index is 556. The van der Waals surface area contributed by atoms with Crippen LogP contribution < -0.4 is 0 Å². The first-order chi connectivity index (χ1) is 21.0. The number of unbranched alkanes of at least 4 members (excludes halogenated alkanes) is 24. The Kier molecular flexibility index (Phi) is 33.6. The fourth-order valence-corrected chi connectivity index (χ4v) is 8.57. The average Bonchev–Trinajstić information content (AvgIpc) is 2.98. The van der Waals surface area contributed by atoms with E-state index in [4.69, 9.17) is 8.56 Å². The van der Waals surface area contributed by atoms with Gasteiger partial charge in [-0.15, -0.1) is 0 Å². The van der Waals surface area contributed by atoms with Gasteiger partial charge in [0.1, 0.15) is 0 Å². The van der Waals surface area contributed by atoms with Crippen molar-refractivity contribution in [3.8, 4) is 0 Å². The summed E-state index contributed by atoms with van der Waals surface area (Å²) < 4.78 is 16.6. The Morgan fingerprint density at radius 1 is 0.326 bits per heavy atom. The van der Waals surface area contributed by atoms with Crippen molar-refractivity contribution in [2.45, 2.75) is 213 Å². The van der Waals surface area contributed by atoms with Crippen molar-refractivity contribution in [1.82, 2.24) is 0 Å². The van der Waals surface area contributed by atoms with Crippen LogP contribution in [0.1, 0.15) is 213 Å². The fraction of sp³-hybridized carbons (Fsp3) is 0.917. The van der Waals surface area contributed by atoms with E-state index in [1.165, 1.54) is 116 Å². The number of carbonyl (C=O) groups is 3. The van der Waals surface area contributed by atoms with Crippen LogP contribution in [0.25, 0.3) is 0 Å². The standard InChI is InChI=1S/3C12H24O2.In/c3*1-2-3-4-5-6-7-8-9-10-11-12(13)14;/h3*2-11H2,1H3,(H,13,14);/q;;;+3/p-3. The zero-order valence-corrected chi connectivity index (χ0v) is 32.0. The minimum atomic E-state index is -4.03. The normalized spacial score (nSPS) is 11.0. The summed E-state index contributed by atoms with van der Waals surface area (Å²) in [6.07, 6.45) is 32.3. The van der Waals surface area contributed by atoms with Crippen LogP contribution in [0.2, 0.25) is 0 Å². The molecule has 0 aromatic rings. The molecule has 0 heterocycles. The van der Waals surface area contributed by atoms with Gasteiger partial charge in [-0.1, -0.05) is 20.8 Å². The van der Waals surface area contributed by atoms with Crippen LogP contribution in [0.4, 0.5) is 0 Å². The van der Waals surface area contributed by atoms with Crippen molar-refractivity contribution in [2.75, 3.05) is 0 Å². The van der Waals surface area contributed by atoms with Crippen molar-refractivity contribution < 1.29 is 22.9 Å². The third-order valence-corrected chi connectivity index (χ3v) is 12.0. The zero-order valence-electron chi connectivity index (χ0n) is 28.7. The molecule has 0 aliphatic rings. The smallest absolute Gasteiger partial charge is 0.0654 e. The van der Waals surface area contributed by atoms with E-state index < -0.39 is 40.7 Å². The summed E-state index contributed by atoms with van der Waals surface area (Å²) >= 11 is -4.03. The first-order valence-corrected chi connectivity index (χ1v) is 22.7. The molecular formula is C36H69InO6. The van der Waals surface area contributed by atoms with Crippen molar-refractivity contribution in [3.05, 3.63) is 0 Å². The molecule has 6 nitrogen and oxygen atoms in total. The molecule has 0 N–H and O–H groups in total. The Labute approximate surface area is 275 Å². The van der Waals surface area contributed by atoms with E-state index in [-0.39, 0.29) is 19.3 Å². The van der Waals surface area contributed by atoms with E-state index in [0.29, 0.717) is 0 Å². The molecule has 0 bridgehead atoms. The second-order valence-electron chi connectivity index (χ2n) is 12.5. The van der Waals surface area contributed by atoms with Gasteiger partial charge in [-0.25, -0.2) is 0 Å². The Morgan fingerprint density at radius 3 is 0.721 bits per heavy atom. The van der Waals surface area contributed by atoms with E-state index >= 15 is 0 Å². The summed E-state index contributed by atoms with van der Waals surface area (Å²) in [7, 11) is 0. The predicted molar refractivity (Wildman–Crippen MR) is 180 cm³/mol. The molecule has 0 atom stereocenters. The summed E-state index contributed by atoms with van der Waals surface area (Å²) in [5.41, 5.74) is 0. The molecule has 0 rings (SSSR count). The SMILES string of the molecule is CCCCCCCCCCCC(=O)[O][In]([O]C(=O)CCCCCCCCCCC)[O]C(=O)CCCCCCCCCCC. The fourth-order valence-electron chi connectivity index (χ4n) is 5.31. The summed E-state index contributed by atoms with van der Waals surface area (Å²) in [5, 5.41) is 0. The first kappa shape index (κ1) is 42.3. The molecule has 0 radical (unpaired) electrons. The monoisotopic (exact) mass is 712 g/mol. The maximum atomic E-state index is 12.5. The van der Waals surface area contributed by atoms with Gasteiger partial charge < -0.3 is 0 Å². The Balaban J connectivity index is 4.38. The van der Waals surface area contributed by atoms with E-state index in [2.05, 4.69) is 20.8 Å². The molecule has 0 aliphatic heterocycles.